The van der Waals surface area contributed by atoms with Gasteiger partial charge in [-0.1, -0.05) is 11.6 Å². The predicted molar refractivity (Wildman–Crippen MR) is 133 cm³/mol. The highest BCUT2D eigenvalue weighted by molar-refractivity contribution is 6.31. The first-order valence-electron chi connectivity index (χ1n) is 10.7. The van der Waals surface area contributed by atoms with Gasteiger partial charge in [0, 0.05) is 17.2 Å². The van der Waals surface area contributed by atoms with Gasteiger partial charge in [0.05, 0.1) is 23.3 Å². The smallest absolute Gasteiger partial charge is 0.343 e. The van der Waals surface area contributed by atoms with Crippen LogP contribution >= 0.6 is 11.6 Å². The maximum absolute atomic E-state index is 12.4. The van der Waals surface area contributed by atoms with Crippen molar-refractivity contribution >= 4 is 35.4 Å². The minimum Gasteiger partial charge on any atom is -0.490 e. The average molecular weight is 512 g/mol. The zero-order chi connectivity index (χ0) is 26.1. The Labute approximate surface area is 211 Å². The van der Waals surface area contributed by atoms with Crippen LogP contribution in [0.3, 0.4) is 0 Å². The second-order valence-corrected chi connectivity index (χ2v) is 7.73. The molecule has 186 valence electrons. The van der Waals surface area contributed by atoms with E-state index in [-0.39, 0.29) is 29.4 Å². The van der Waals surface area contributed by atoms with Crippen molar-refractivity contribution in [1.29, 1.82) is 0 Å². The molecule has 1 N–H and O–H groups in total. The van der Waals surface area contributed by atoms with Crippen molar-refractivity contribution in [3.63, 3.8) is 0 Å². The summed E-state index contributed by atoms with van der Waals surface area (Å²) in [5.41, 5.74) is 3.78. The van der Waals surface area contributed by atoms with Gasteiger partial charge in [0.25, 0.3) is 11.6 Å². The zero-order valence-electron chi connectivity index (χ0n) is 19.4. The summed E-state index contributed by atoms with van der Waals surface area (Å²) >= 11 is 5.97. The molecule has 0 radical (unpaired) electrons. The Bertz CT molecular complexity index is 1290. The molecule has 0 bridgehead atoms. The van der Waals surface area contributed by atoms with E-state index in [4.69, 9.17) is 25.8 Å². The Balaban J connectivity index is 1.60. The molecule has 3 aromatic rings. The SMILES string of the molecule is CCOc1cc(/C=N/NC(=O)COc2ccc(Cl)c(C)c2)ccc1OC(=O)c1ccc([N+](=O)[O-])cc1. The van der Waals surface area contributed by atoms with Crippen LogP contribution in [0.2, 0.25) is 5.02 Å². The highest BCUT2D eigenvalue weighted by Crippen LogP contribution is 2.29. The van der Waals surface area contributed by atoms with E-state index in [2.05, 4.69) is 10.5 Å². The topological polar surface area (TPSA) is 129 Å². The molecule has 3 aromatic carbocycles. The van der Waals surface area contributed by atoms with Crippen LogP contribution in [0.5, 0.6) is 17.2 Å². The molecule has 0 aliphatic carbocycles. The molecular weight excluding hydrogens is 490 g/mol. The van der Waals surface area contributed by atoms with Gasteiger partial charge in [-0.3, -0.25) is 14.9 Å². The number of carbonyl (C=O) groups excluding carboxylic acids is 2. The Morgan fingerprint density at radius 1 is 1.06 bits per heavy atom. The maximum Gasteiger partial charge on any atom is 0.343 e. The fourth-order valence-corrected chi connectivity index (χ4v) is 3.02. The first-order chi connectivity index (χ1) is 17.3. The summed E-state index contributed by atoms with van der Waals surface area (Å²) in [6, 6.07) is 14.8. The molecule has 0 fully saturated rings. The number of esters is 1. The van der Waals surface area contributed by atoms with Gasteiger partial charge in [-0.15, -0.1) is 0 Å². The minimum atomic E-state index is -0.699. The van der Waals surface area contributed by atoms with Gasteiger partial charge in [0.15, 0.2) is 18.1 Å². The molecule has 36 heavy (non-hydrogen) atoms. The van der Waals surface area contributed by atoms with Gasteiger partial charge in [-0.25, -0.2) is 10.2 Å². The maximum atomic E-state index is 12.4. The van der Waals surface area contributed by atoms with Crippen molar-refractivity contribution in [3.8, 4) is 17.2 Å². The van der Waals surface area contributed by atoms with Gasteiger partial charge >= 0.3 is 5.97 Å². The van der Waals surface area contributed by atoms with Crippen molar-refractivity contribution in [3.05, 3.63) is 92.5 Å². The Kier molecular flexibility index (Phi) is 8.95. The number of amides is 1. The quantitative estimate of drug-likeness (QED) is 0.137. The molecule has 0 saturated carbocycles. The lowest BCUT2D eigenvalue weighted by Crippen LogP contribution is -2.24. The largest absolute Gasteiger partial charge is 0.490 e. The number of aryl methyl sites for hydroxylation is 1. The fourth-order valence-electron chi connectivity index (χ4n) is 2.90. The summed E-state index contributed by atoms with van der Waals surface area (Å²) in [5, 5.41) is 15.3. The number of carbonyl (C=O) groups is 2. The average Bonchev–Trinajstić information content (AvgIpc) is 2.86. The van der Waals surface area contributed by atoms with Crippen molar-refractivity contribution in [2.24, 2.45) is 5.10 Å². The molecule has 0 heterocycles. The fraction of sp³-hybridized carbons (Fsp3) is 0.160. The first kappa shape index (κ1) is 26.2. The highest BCUT2D eigenvalue weighted by atomic mass is 35.5. The van der Waals surface area contributed by atoms with E-state index in [0.717, 1.165) is 5.56 Å². The number of nitro groups is 1. The van der Waals surface area contributed by atoms with Crippen LogP contribution in [0.1, 0.15) is 28.4 Å². The highest BCUT2D eigenvalue weighted by Gasteiger charge is 2.15. The van der Waals surface area contributed by atoms with Gasteiger partial charge in [-0.05, 0) is 73.5 Å². The third-order valence-corrected chi connectivity index (χ3v) is 5.11. The van der Waals surface area contributed by atoms with Crippen LogP contribution in [0.4, 0.5) is 5.69 Å². The molecule has 10 nitrogen and oxygen atoms in total. The van der Waals surface area contributed by atoms with E-state index in [0.29, 0.717) is 22.9 Å². The number of nitrogens with one attached hydrogen (secondary N) is 1. The van der Waals surface area contributed by atoms with Crippen LogP contribution in [-0.2, 0) is 4.79 Å². The molecule has 0 aliphatic rings. The molecule has 0 aliphatic heterocycles. The summed E-state index contributed by atoms with van der Waals surface area (Å²) in [7, 11) is 0. The van der Waals surface area contributed by atoms with E-state index in [9.17, 15) is 19.7 Å². The van der Waals surface area contributed by atoms with Gasteiger partial charge in [0.2, 0.25) is 0 Å². The third-order valence-electron chi connectivity index (χ3n) is 4.69. The van der Waals surface area contributed by atoms with E-state index in [1.54, 1.807) is 37.3 Å². The Morgan fingerprint density at radius 3 is 2.47 bits per heavy atom. The second kappa shape index (κ2) is 12.3. The number of non-ortho nitro benzene ring substituents is 1. The normalized spacial score (nSPS) is 10.6. The lowest BCUT2D eigenvalue weighted by atomic mass is 10.2. The molecule has 0 aromatic heterocycles. The molecule has 0 saturated heterocycles. The van der Waals surface area contributed by atoms with Crippen molar-refractivity contribution in [2.45, 2.75) is 13.8 Å². The zero-order valence-corrected chi connectivity index (χ0v) is 20.2. The minimum absolute atomic E-state index is 0.135. The van der Waals surface area contributed by atoms with Gasteiger partial charge in [0.1, 0.15) is 5.75 Å². The summed E-state index contributed by atoms with van der Waals surface area (Å²) in [6.07, 6.45) is 1.40. The predicted octanol–water partition coefficient (Wildman–Crippen LogP) is 4.70. The number of nitro benzene ring substituents is 1. The molecule has 0 atom stereocenters. The first-order valence-corrected chi connectivity index (χ1v) is 11.1. The molecule has 0 spiro atoms. The second-order valence-electron chi connectivity index (χ2n) is 7.33. The number of rotatable bonds is 10. The van der Waals surface area contributed by atoms with Crippen molar-refractivity contribution in [1.82, 2.24) is 5.43 Å². The Morgan fingerprint density at radius 2 is 1.81 bits per heavy atom. The van der Waals surface area contributed by atoms with Crippen LogP contribution in [0.25, 0.3) is 0 Å². The van der Waals surface area contributed by atoms with Crippen molar-refractivity contribution in [2.75, 3.05) is 13.2 Å². The molecular formula is C25H22ClN3O7. The van der Waals surface area contributed by atoms with Crippen LogP contribution in [-0.4, -0.2) is 36.2 Å². The van der Waals surface area contributed by atoms with Gasteiger partial charge in [-0.2, -0.15) is 5.10 Å². The lowest BCUT2D eigenvalue weighted by molar-refractivity contribution is -0.384. The number of ether oxygens (including phenoxy) is 3. The molecule has 0 unspecified atom stereocenters. The summed E-state index contributed by atoms with van der Waals surface area (Å²) in [6.45, 7) is 3.67. The number of nitrogens with zero attached hydrogens (tertiary/aromatic N) is 2. The number of benzene rings is 3. The standard InChI is InChI=1S/C25H22ClN3O7/c1-3-34-23-13-17(14-27-28-24(30)15-35-20-9-10-21(26)16(2)12-20)4-11-22(23)36-25(31)18-5-7-19(8-6-18)29(32)33/h4-14H,3,15H2,1-2H3,(H,28,30)/b27-14+. The van der Waals surface area contributed by atoms with Gasteiger partial charge < -0.3 is 14.2 Å². The number of halogens is 1. The molecule has 11 heteroatoms. The van der Waals surface area contributed by atoms with E-state index in [1.165, 1.54) is 36.5 Å². The molecule has 1 amide bonds. The van der Waals surface area contributed by atoms with Crippen LogP contribution in [0.15, 0.2) is 65.8 Å². The van der Waals surface area contributed by atoms with Crippen molar-refractivity contribution < 1.29 is 28.7 Å². The van der Waals surface area contributed by atoms with E-state index < -0.39 is 16.8 Å². The summed E-state index contributed by atoms with van der Waals surface area (Å²) < 4.78 is 16.4. The van der Waals surface area contributed by atoms with Crippen LogP contribution in [0, 0.1) is 17.0 Å². The number of hydrogen-bond donors (Lipinski definition) is 1. The van der Waals surface area contributed by atoms with E-state index >= 15 is 0 Å². The summed E-state index contributed by atoms with van der Waals surface area (Å²) in [5.74, 6) is -0.207. The summed E-state index contributed by atoms with van der Waals surface area (Å²) in [4.78, 5) is 34.7. The molecule has 3 rings (SSSR count). The van der Waals surface area contributed by atoms with Crippen LogP contribution < -0.4 is 19.6 Å². The monoisotopic (exact) mass is 511 g/mol. The Hall–Kier alpha value is -4.44. The number of hydrazone groups is 1. The number of hydrogen-bond acceptors (Lipinski definition) is 8. The lowest BCUT2D eigenvalue weighted by Gasteiger charge is -2.11. The van der Waals surface area contributed by atoms with E-state index in [1.807, 2.05) is 6.92 Å². The third kappa shape index (κ3) is 7.28.